The highest BCUT2D eigenvalue weighted by molar-refractivity contribution is 6.31. The Balaban J connectivity index is 2.02. The molecule has 0 saturated carbocycles. The maximum absolute atomic E-state index is 12.7. The van der Waals surface area contributed by atoms with Crippen LogP contribution in [0.15, 0.2) is 39.9 Å². The molecule has 0 radical (unpaired) electrons. The fourth-order valence-electron chi connectivity index (χ4n) is 2.86. The van der Waals surface area contributed by atoms with Gasteiger partial charge >= 0.3 is 11.1 Å². The number of anilines is 1. The summed E-state index contributed by atoms with van der Waals surface area (Å²) in [7, 11) is 1.49. The van der Waals surface area contributed by atoms with Crippen molar-refractivity contribution in [3.05, 3.63) is 67.2 Å². The molecule has 0 aliphatic heterocycles. The van der Waals surface area contributed by atoms with E-state index in [1.54, 1.807) is 31.2 Å². The SMILES string of the molecule is CCn1c(=O)c(=O)[nH]c2cc(C(=O)Nc3cc(C)c(Cl)cc3OC)ccc21. The Bertz CT molecular complexity index is 1160. The molecule has 0 fully saturated rings. The van der Waals surface area contributed by atoms with Crippen molar-refractivity contribution in [2.45, 2.75) is 20.4 Å². The number of ether oxygens (including phenoxy) is 1. The zero-order valence-corrected chi connectivity index (χ0v) is 15.8. The molecule has 0 saturated heterocycles. The first-order valence-electron chi connectivity index (χ1n) is 8.28. The van der Waals surface area contributed by atoms with Crippen molar-refractivity contribution in [1.82, 2.24) is 9.55 Å². The molecular weight excluding hydrogens is 370 g/mol. The number of rotatable bonds is 4. The summed E-state index contributed by atoms with van der Waals surface area (Å²) < 4.78 is 6.63. The van der Waals surface area contributed by atoms with Crippen molar-refractivity contribution in [1.29, 1.82) is 0 Å². The van der Waals surface area contributed by atoms with E-state index in [0.29, 0.717) is 39.6 Å². The van der Waals surface area contributed by atoms with Gasteiger partial charge in [-0.25, -0.2) is 0 Å². The van der Waals surface area contributed by atoms with Crippen LogP contribution in [0, 0.1) is 6.92 Å². The molecule has 1 heterocycles. The van der Waals surface area contributed by atoms with Gasteiger partial charge in [-0.3, -0.25) is 14.4 Å². The van der Waals surface area contributed by atoms with Crippen LogP contribution in [-0.2, 0) is 6.54 Å². The molecule has 140 valence electrons. The fraction of sp³-hybridized carbons (Fsp3) is 0.211. The summed E-state index contributed by atoms with van der Waals surface area (Å²) in [6.07, 6.45) is 0. The van der Waals surface area contributed by atoms with Crippen LogP contribution in [0.2, 0.25) is 5.02 Å². The van der Waals surface area contributed by atoms with E-state index >= 15 is 0 Å². The van der Waals surface area contributed by atoms with Gasteiger partial charge in [0.1, 0.15) is 5.75 Å². The van der Waals surface area contributed by atoms with Gasteiger partial charge in [0.25, 0.3) is 5.91 Å². The second kappa shape index (κ2) is 7.28. The van der Waals surface area contributed by atoms with Gasteiger partial charge in [-0.15, -0.1) is 0 Å². The van der Waals surface area contributed by atoms with E-state index < -0.39 is 11.1 Å². The van der Waals surface area contributed by atoms with Crippen LogP contribution >= 0.6 is 11.6 Å². The lowest BCUT2D eigenvalue weighted by Gasteiger charge is -2.13. The van der Waals surface area contributed by atoms with Crippen LogP contribution in [0.25, 0.3) is 11.0 Å². The second-order valence-corrected chi connectivity index (χ2v) is 6.40. The highest BCUT2D eigenvalue weighted by Gasteiger charge is 2.14. The van der Waals surface area contributed by atoms with Gasteiger partial charge in [0.05, 0.1) is 23.8 Å². The highest BCUT2D eigenvalue weighted by Crippen LogP contribution is 2.31. The third-order valence-electron chi connectivity index (χ3n) is 4.28. The highest BCUT2D eigenvalue weighted by atomic mass is 35.5. The summed E-state index contributed by atoms with van der Waals surface area (Å²) in [5, 5.41) is 3.31. The van der Waals surface area contributed by atoms with Gasteiger partial charge in [-0.2, -0.15) is 0 Å². The molecule has 0 spiro atoms. The lowest BCUT2D eigenvalue weighted by molar-refractivity contribution is 0.102. The molecule has 2 N–H and O–H groups in total. The van der Waals surface area contributed by atoms with Gasteiger partial charge < -0.3 is 19.6 Å². The minimum atomic E-state index is -0.725. The first kappa shape index (κ1) is 18.7. The average molecular weight is 388 g/mol. The van der Waals surface area contributed by atoms with E-state index in [0.717, 1.165) is 5.56 Å². The van der Waals surface area contributed by atoms with Gasteiger partial charge in [0.15, 0.2) is 0 Å². The molecule has 1 aromatic heterocycles. The molecule has 3 rings (SSSR count). The normalized spacial score (nSPS) is 10.8. The number of methoxy groups -OCH3 is 1. The molecule has 7 nitrogen and oxygen atoms in total. The number of nitrogens with one attached hydrogen (secondary N) is 2. The lowest BCUT2D eigenvalue weighted by atomic mass is 10.1. The van der Waals surface area contributed by atoms with Crippen molar-refractivity contribution in [2.75, 3.05) is 12.4 Å². The van der Waals surface area contributed by atoms with Crippen LogP contribution in [0.5, 0.6) is 5.75 Å². The lowest BCUT2D eigenvalue weighted by Crippen LogP contribution is -2.36. The molecule has 0 aliphatic rings. The molecule has 0 aliphatic carbocycles. The summed E-state index contributed by atoms with van der Waals surface area (Å²) in [5.41, 5.74) is 1.22. The monoisotopic (exact) mass is 387 g/mol. The number of aryl methyl sites for hydroxylation is 2. The minimum Gasteiger partial charge on any atom is -0.495 e. The van der Waals surface area contributed by atoms with E-state index in [9.17, 15) is 14.4 Å². The first-order valence-corrected chi connectivity index (χ1v) is 8.65. The van der Waals surface area contributed by atoms with E-state index in [4.69, 9.17) is 16.3 Å². The quantitative estimate of drug-likeness (QED) is 0.673. The summed E-state index contributed by atoms with van der Waals surface area (Å²) in [6, 6.07) is 8.11. The molecular formula is C19H18ClN3O4. The first-order chi connectivity index (χ1) is 12.8. The Morgan fingerprint density at radius 1 is 1.26 bits per heavy atom. The predicted octanol–water partition coefficient (Wildman–Crippen LogP) is 2.93. The summed E-state index contributed by atoms with van der Waals surface area (Å²) >= 11 is 6.09. The molecule has 1 amide bonds. The van der Waals surface area contributed by atoms with E-state index in [2.05, 4.69) is 10.3 Å². The van der Waals surface area contributed by atoms with E-state index in [1.165, 1.54) is 17.7 Å². The van der Waals surface area contributed by atoms with Crippen LogP contribution in [0.4, 0.5) is 5.69 Å². The van der Waals surface area contributed by atoms with Crippen molar-refractivity contribution in [2.24, 2.45) is 0 Å². The van der Waals surface area contributed by atoms with Crippen molar-refractivity contribution in [3.8, 4) is 5.75 Å². The smallest absolute Gasteiger partial charge is 0.316 e. The number of hydrogen-bond donors (Lipinski definition) is 2. The standard InChI is InChI=1S/C19H18ClN3O4/c1-4-23-15-6-5-11(8-13(15)21-18(25)19(23)26)17(24)22-14-7-10(2)12(20)9-16(14)27-3/h5-9H,4H2,1-3H3,(H,21,25)(H,22,24). The molecule has 27 heavy (non-hydrogen) atoms. The van der Waals surface area contributed by atoms with Crippen LogP contribution in [-0.4, -0.2) is 22.6 Å². The van der Waals surface area contributed by atoms with Gasteiger partial charge in [-0.05, 0) is 43.7 Å². The Labute approximate surface area is 159 Å². The molecule has 0 bridgehead atoms. The third-order valence-corrected chi connectivity index (χ3v) is 4.69. The van der Waals surface area contributed by atoms with Crippen molar-refractivity contribution < 1.29 is 9.53 Å². The Morgan fingerprint density at radius 2 is 2.00 bits per heavy atom. The number of benzene rings is 2. The van der Waals surface area contributed by atoms with E-state index in [1.807, 2.05) is 6.92 Å². The molecule has 3 aromatic rings. The summed E-state index contributed by atoms with van der Waals surface area (Å²) in [4.78, 5) is 38.9. The molecule has 8 heteroatoms. The molecule has 0 unspecified atom stereocenters. The van der Waals surface area contributed by atoms with Crippen molar-refractivity contribution in [3.63, 3.8) is 0 Å². The minimum absolute atomic E-state index is 0.328. The fourth-order valence-corrected chi connectivity index (χ4v) is 3.01. The Hall–Kier alpha value is -3.06. The number of amides is 1. The summed E-state index contributed by atoms with van der Waals surface area (Å²) in [6.45, 7) is 3.95. The van der Waals surface area contributed by atoms with Crippen LogP contribution in [0.1, 0.15) is 22.8 Å². The van der Waals surface area contributed by atoms with Crippen LogP contribution < -0.4 is 21.2 Å². The number of fused-ring (bicyclic) bond motifs is 1. The van der Waals surface area contributed by atoms with Gasteiger partial charge in [0, 0.05) is 23.2 Å². The molecule has 2 aromatic carbocycles. The maximum Gasteiger partial charge on any atom is 0.316 e. The Kier molecular flexibility index (Phi) is 5.05. The number of hydrogen-bond acceptors (Lipinski definition) is 4. The number of carbonyl (C=O) groups excluding carboxylic acids is 1. The number of aromatic amines is 1. The van der Waals surface area contributed by atoms with E-state index in [-0.39, 0.29) is 5.91 Å². The van der Waals surface area contributed by atoms with Crippen LogP contribution in [0.3, 0.4) is 0 Å². The zero-order valence-electron chi connectivity index (χ0n) is 15.1. The Morgan fingerprint density at radius 3 is 2.67 bits per heavy atom. The maximum atomic E-state index is 12.7. The average Bonchev–Trinajstić information content (AvgIpc) is 2.65. The molecule has 0 atom stereocenters. The zero-order chi connectivity index (χ0) is 19.7. The number of aromatic nitrogens is 2. The number of nitrogens with zero attached hydrogens (tertiary/aromatic N) is 1. The summed E-state index contributed by atoms with van der Waals surface area (Å²) in [5.74, 6) is 0.0555. The van der Waals surface area contributed by atoms with Gasteiger partial charge in [-0.1, -0.05) is 11.6 Å². The number of H-pyrrole nitrogens is 1. The number of halogens is 1. The largest absolute Gasteiger partial charge is 0.495 e. The predicted molar refractivity (Wildman–Crippen MR) is 105 cm³/mol. The second-order valence-electron chi connectivity index (χ2n) is 5.99. The number of carbonyl (C=O) groups is 1. The van der Waals surface area contributed by atoms with Crippen molar-refractivity contribution >= 4 is 34.2 Å². The topological polar surface area (TPSA) is 93.2 Å². The van der Waals surface area contributed by atoms with Gasteiger partial charge in [0.2, 0.25) is 0 Å². The third kappa shape index (κ3) is 3.46.